The van der Waals surface area contributed by atoms with Crippen LogP contribution in [0.3, 0.4) is 0 Å². The van der Waals surface area contributed by atoms with Gasteiger partial charge in [-0.2, -0.15) is 0 Å². The molecule has 0 saturated heterocycles. The van der Waals surface area contributed by atoms with E-state index < -0.39 is 0 Å². The van der Waals surface area contributed by atoms with Gasteiger partial charge in [0.2, 0.25) is 0 Å². The minimum absolute atomic E-state index is 0.613. The van der Waals surface area contributed by atoms with Gasteiger partial charge in [0.25, 0.3) is 0 Å². The third-order valence-corrected chi connectivity index (χ3v) is 3.35. The molecule has 0 aliphatic heterocycles. The lowest BCUT2D eigenvalue weighted by atomic mass is 10.1. The van der Waals surface area contributed by atoms with Crippen LogP contribution in [0.15, 0.2) is 0 Å². The molecule has 2 unspecified atom stereocenters. The van der Waals surface area contributed by atoms with E-state index in [4.69, 9.17) is 11.6 Å². The number of rotatable bonds is 8. The largest absolute Gasteiger partial charge is 0.300 e. The van der Waals surface area contributed by atoms with Crippen molar-refractivity contribution in [2.45, 2.75) is 53.0 Å². The van der Waals surface area contributed by atoms with Crippen molar-refractivity contribution < 1.29 is 0 Å². The third kappa shape index (κ3) is 5.87. The van der Waals surface area contributed by atoms with Crippen LogP contribution in [0.5, 0.6) is 0 Å². The van der Waals surface area contributed by atoms with Gasteiger partial charge in [0, 0.05) is 18.5 Å². The first kappa shape index (κ1) is 14.2. The predicted octanol–water partition coefficient (Wildman–Crippen LogP) is 3.76. The molecule has 86 valence electrons. The Labute approximate surface area is 94.8 Å². The summed E-state index contributed by atoms with van der Waals surface area (Å²) < 4.78 is 0. The maximum Gasteiger partial charge on any atom is 0.0261 e. The average Bonchev–Trinajstić information content (AvgIpc) is 2.22. The first-order valence-corrected chi connectivity index (χ1v) is 6.49. The molecule has 0 heterocycles. The van der Waals surface area contributed by atoms with Crippen molar-refractivity contribution in [1.29, 1.82) is 0 Å². The van der Waals surface area contributed by atoms with E-state index in [9.17, 15) is 0 Å². The molecule has 0 aromatic rings. The molecule has 0 aromatic carbocycles. The minimum Gasteiger partial charge on any atom is -0.300 e. The van der Waals surface area contributed by atoms with Crippen LogP contribution >= 0.6 is 11.6 Å². The average molecular weight is 220 g/mol. The lowest BCUT2D eigenvalue weighted by Crippen LogP contribution is -2.37. The minimum atomic E-state index is 0.613. The summed E-state index contributed by atoms with van der Waals surface area (Å²) in [6.07, 6.45) is 3.82. The third-order valence-electron chi connectivity index (χ3n) is 2.82. The van der Waals surface area contributed by atoms with Gasteiger partial charge >= 0.3 is 0 Å². The molecule has 0 aliphatic carbocycles. The highest BCUT2D eigenvalue weighted by molar-refractivity contribution is 6.18. The smallest absolute Gasteiger partial charge is 0.0261 e. The second kappa shape index (κ2) is 8.55. The van der Waals surface area contributed by atoms with E-state index in [0.717, 1.165) is 12.4 Å². The number of alkyl halides is 1. The van der Waals surface area contributed by atoms with Crippen LogP contribution in [0.4, 0.5) is 0 Å². The van der Waals surface area contributed by atoms with E-state index in [2.05, 4.69) is 32.6 Å². The highest BCUT2D eigenvalue weighted by Gasteiger charge is 2.13. The van der Waals surface area contributed by atoms with Gasteiger partial charge in [-0.15, -0.1) is 11.6 Å². The summed E-state index contributed by atoms with van der Waals surface area (Å²) in [7, 11) is 0. The van der Waals surface area contributed by atoms with Crippen LogP contribution in [-0.2, 0) is 0 Å². The van der Waals surface area contributed by atoms with Crippen molar-refractivity contribution in [3.63, 3.8) is 0 Å². The van der Waals surface area contributed by atoms with Gasteiger partial charge in [-0.1, -0.05) is 27.2 Å². The first-order chi connectivity index (χ1) is 6.65. The normalized spacial score (nSPS) is 15.9. The van der Waals surface area contributed by atoms with Crippen molar-refractivity contribution in [3.05, 3.63) is 0 Å². The summed E-state index contributed by atoms with van der Waals surface area (Å²) in [4.78, 5) is 2.58. The van der Waals surface area contributed by atoms with Crippen LogP contribution in [0.1, 0.15) is 47.0 Å². The van der Waals surface area contributed by atoms with Crippen molar-refractivity contribution in [1.82, 2.24) is 4.90 Å². The number of nitrogens with zero attached hydrogens (tertiary/aromatic N) is 1. The number of hydrogen-bond donors (Lipinski definition) is 0. The summed E-state index contributed by atoms with van der Waals surface area (Å²) in [5.41, 5.74) is 0. The fourth-order valence-corrected chi connectivity index (χ4v) is 1.66. The monoisotopic (exact) mass is 219 g/mol. The standard InChI is InChI=1S/C12H26ClN/c1-5-7-8-14(12(4)6-2)10-11(3)9-13/h11-12H,5-10H2,1-4H3. The van der Waals surface area contributed by atoms with Gasteiger partial charge in [0.1, 0.15) is 0 Å². The molecule has 0 aliphatic rings. The molecule has 0 saturated carbocycles. The van der Waals surface area contributed by atoms with Crippen LogP contribution in [0, 0.1) is 5.92 Å². The second-order valence-corrected chi connectivity index (χ2v) is 4.67. The number of halogens is 1. The summed E-state index contributed by atoms with van der Waals surface area (Å²) in [6.45, 7) is 11.4. The molecule has 0 bridgehead atoms. The predicted molar refractivity (Wildman–Crippen MR) is 66.1 cm³/mol. The number of unbranched alkanes of at least 4 members (excludes halogenated alkanes) is 1. The Bertz CT molecular complexity index is 127. The maximum atomic E-state index is 5.85. The summed E-state index contributed by atoms with van der Waals surface area (Å²) >= 11 is 5.85. The van der Waals surface area contributed by atoms with E-state index in [1.54, 1.807) is 0 Å². The van der Waals surface area contributed by atoms with Crippen LogP contribution in [0.2, 0.25) is 0 Å². The molecule has 0 spiro atoms. The molecule has 0 amide bonds. The zero-order valence-electron chi connectivity index (χ0n) is 10.2. The lowest BCUT2D eigenvalue weighted by molar-refractivity contribution is 0.180. The quantitative estimate of drug-likeness (QED) is 0.562. The van der Waals surface area contributed by atoms with Crippen molar-refractivity contribution in [3.8, 4) is 0 Å². The summed E-state index contributed by atoms with van der Waals surface area (Å²) in [6, 6.07) is 0.701. The van der Waals surface area contributed by atoms with Gasteiger partial charge in [-0.05, 0) is 32.2 Å². The maximum absolute atomic E-state index is 5.85. The Morgan fingerprint density at radius 2 is 1.86 bits per heavy atom. The van der Waals surface area contributed by atoms with Crippen LogP contribution in [0.25, 0.3) is 0 Å². The molecule has 0 aromatic heterocycles. The Hall–Kier alpha value is 0.250. The van der Waals surface area contributed by atoms with Gasteiger partial charge in [0.15, 0.2) is 0 Å². The SMILES string of the molecule is CCCCN(CC(C)CCl)C(C)CC. The van der Waals surface area contributed by atoms with E-state index >= 15 is 0 Å². The Morgan fingerprint density at radius 1 is 1.21 bits per heavy atom. The van der Waals surface area contributed by atoms with Gasteiger partial charge < -0.3 is 4.90 Å². The fourth-order valence-electron chi connectivity index (χ4n) is 1.56. The summed E-state index contributed by atoms with van der Waals surface area (Å²) in [5, 5.41) is 0. The molecular formula is C12H26ClN. The molecule has 1 nitrogen and oxygen atoms in total. The molecule has 14 heavy (non-hydrogen) atoms. The zero-order chi connectivity index (χ0) is 11.0. The molecular weight excluding hydrogens is 194 g/mol. The number of hydrogen-bond acceptors (Lipinski definition) is 1. The topological polar surface area (TPSA) is 3.24 Å². The summed E-state index contributed by atoms with van der Waals surface area (Å²) in [5.74, 6) is 1.39. The first-order valence-electron chi connectivity index (χ1n) is 5.95. The van der Waals surface area contributed by atoms with Gasteiger partial charge in [-0.3, -0.25) is 0 Å². The van der Waals surface area contributed by atoms with E-state index in [1.807, 2.05) is 0 Å². The van der Waals surface area contributed by atoms with E-state index in [-0.39, 0.29) is 0 Å². The molecule has 0 rings (SSSR count). The van der Waals surface area contributed by atoms with Crippen molar-refractivity contribution in [2.24, 2.45) is 5.92 Å². The highest BCUT2D eigenvalue weighted by atomic mass is 35.5. The zero-order valence-corrected chi connectivity index (χ0v) is 11.0. The second-order valence-electron chi connectivity index (χ2n) is 4.37. The van der Waals surface area contributed by atoms with E-state index in [1.165, 1.54) is 25.8 Å². The highest BCUT2D eigenvalue weighted by Crippen LogP contribution is 2.10. The van der Waals surface area contributed by atoms with Crippen LogP contribution < -0.4 is 0 Å². The Kier molecular flexibility index (Phi) is 8.70. The fraction of sp³-hybridized carbons (Fsp3) is 1.00. The van der Waals surface area contributed by atoms with Gasteiger partial charge in [-0.25, -0.2) is 0 Å². The van der Waals surface area contributed by atoms with Crippen molar-refractivity contribution in [2.75, 3.05) is 19.0 Å². The Balaban J connectivity index is 3.96. The molecule has 0 radical (unpaired) electrons. The Morgan fingerprint density at radius 3 is 2.29 bits per heavy atom. The van der Waals surface area contributed by atoms with Gasteiger partial charge in [0.05, 0.1) is 0 Å². The molecule has 2 atom stereocenters. The van der Waals surface area contributed by atoms with E-state index in [0.29, 0.717) is 12.0 Å². The lowest BCUT2D eigenvalue weighted by Gasteiger charge is -2.30. The molecule has 2 heteroatoms. The van der Waals surface area contributed by atoms with Crippen molar-refractivity contribution >= 4 is 11.6 Å². The van der Waals surface area contributed by atoms with Crippen LogP contribution in [-0.4, -0.2) is 29.9 Å². The molecule has 0 fully saturated rings. The molecule has 0 N–H and O–H groups in total.